The Morgan fingerprint density at radius 1 is 1.38 bits per heavy atom. The molecule has 1 aliphatic rings. The van der Waals surface area contributed by atoms with E-state index in [0.29, 0.717) is 39.0 Å². The molecule has 0 atom stereocenters. The second-order valence-corrected chi connectivity index (χ2v) is 4.57. The van der Waals surface area contributed by atoms with Crippen LogP contribution in [-0.4, -0.2) is 36.4 Å². The predicted octanol–water partition coefficient (Wildman–Crippen LogP) is 1.22. The zero-order valence-electron chi connectivity index (χ0n) is 10.1. The van der Waals surface area contributed by atoms with Crippen molar-refractivity contribution in [1.29, 1.82) is 0 Å². The summed E-state index contributed by atoms with van der Waals surface area (Å²) in [6, 6.07) is 0. The number of rotatable bonds is 6. The highest BCUT2D eigenvalue weighted by Crippen LogP contribution is 2.19. The first-order chi connectivity index (χ1) is 7.66. The van der Waals surface area contributed by atoms with Crippen molar-refractivity contribution < 1.29 is 14.6 Å². The molecule has 1 amide bonds. The van der Waals surface area contributed by atoms with Gasteiger partial charge in [-0.05, 0) is 6.42 Å². The Hall–Kier alpha value is -0.610. The van der Waals surface area contributed by atoms with Gasteiger partial charge in [-0.2, -0.15) is 0 Å². The first-order valence-electron chi connectivity index (χ1n) is 6.23. The lowest BCUT2D eigenvalue weighted by Gasteiger charge is -2.32. The van der Waals surface area contributed by atoms with Crippen LogP contribution < -0.4 is 5.32 Å². The highest BCUT2D eigenvalue weighted by molar-refractivity contribution is 5.75. The summed E-state index contributed by atoms with van der Waals surface area (Å²) in [5, 5.41) is 12.9. The average Bonchev–Trinajstić information content (AvgIpc) is 2.28. The van der Waals surface area contributed by atoms with E-state index in [9.17, 15) is 9.90 Å². The van der Waals surface area contributed by atoms with E-state index in [1.54, 1.807) is 0 Å². The van der Waals surface area contributed by atoms with E-state index < -0.39 is 5.60 Å². The molecule has 0 spiro atoms. The fourth-order valence-electron chi connectivity index (χ4n) is 1.82. The average molecular weight is 229 g/mol. The minimum Gasteiger partial charge on any atom is -0.388 e. The van der Waals surface area contributed by atoms with Gasteiger partial charge in [0.25, 0.3) is 0 Å². The molecule has 1 saturated heterocycles. The van der Waals surface area contributed by atoms with Gasteiger partial charge in [0, 0.05) is 39.0 Å². The smallest absolute Gasteiger partial charge is 0.220 e. The van der Waals surface area contributed by atoms with Gasteiger partial charge in [-0.3, -0.25) is 4.79 Å². The van der Waals surface area contributed by atoms with Gasteiger partial charge in [0.05, 0.1) is 5.60 Å². The van der Waals surface area contributed by atoms with Gasteiger partial charge in [-0.25, -0.2) is 0 Å². The number of carbonyl (C=O) groups excluding carboxylic acids is 1. The summed E-state index contributed by atoms with van der Waals surface area (Å²) < 4.78 is 5.18. The van der Waals surface area contributed by atoms with Crippen LogP contribution in [0.15, 0.2) is 0 Å². The standard InChI is InChI=1S/C12H23NO3/c1-2-3-4-5-11(14)13-10-12(15)6-8-16-9-7-12/h15H,2-10H2,1H3,(H,13,14). The molecule has 0 saturated carbocycles. The molecule has 0 aliphatic carbocycles. The van der Waals surface area contributed by atoms with Gasteiger partial charge in [-0.15, -0.1) is 0 Å². The minimum absolute atomic E-state index is 0.0494. The number of carbonyl (C=O) groups is 1. The lowest BCUT2D eigenvalue weighted by molar-refractivity contribution is -0.124. The molecule has 94 valence electrons. The third-order valence-corrected chi connectivity index (χ3v) is 3.05. The summed E-state index contributed by atoms with van der Waals surface area (Å²) in [5.41, 5.74) is -0.751. The first kappa shape index (κ1) is 13.5. The molecule has 0 aromatic heterocycles. The van der Waals surface area contributed by atoms with E-state index in [4.69, 9.17) is 4.74 Å². The molecule has 1 rings (SSSR count). The Morgan fingerprint density at radius 2 is 2.06 bits per heavy atom. The summed E-state index contributed by atoms with van der Waals surface area (Å²) >= 11 is 0. The van der Waals surface area contributed by atoms with Crippen molar-refractivity contribution in [1.82, 2.24) is 5.32 Å². The van der Waals surface area contributed by atoms with Gasteiger partial charge in [0.2, 0.25) is 5.91 Å². The van der Waals surface area contributed by atoms with E-state index >= 15 is 0 Å². The number of amides is 1. The van der Waals surface area contributed by atoms with E-state index in [1.165, 1.54) is 0 Å². The lowest BCUT2D eigenvalue weighted by Crippen LogP contribution is -2.46. The van der Waals surface area contributed by atoms with Crippen molar-refractivity contribution in [2.24, 2.45) is 0 Å². The molecule has 0 aromatic carbocycles. The minimum atomic E-state index is -0.751. The summed E-state index contributed by atoms with van der Waals surface area (Å²) in [7, 11) is 0. The molecule has 1 aliphatic heterocycles. The van der Waals surface area contributed by atoms with Crippen LogP contribution in [0.1, 0.15) is 45.4 Å². The monoisotopic (exact) mass is 229 g/mol. The van der Waals surface area contributed by atoms with E-state index in [1.807, 2.05) is 0 Å². The van der Waals surface area contributed by atoms with Gasteiger partial charge in [0.1, 0.15) is 0 Å². The van der Waals surface area contributed by atoms with Gasteiger partial charge < -0.3 is 15.2 Å². The number of nitrogens with one attached hydrogen (secondary N) is 1. The molecule has 4 nitrogen and oxygen atoms in total. The first-order valence-corrected chi connectivity index (χ1v) is 6.23. The van der Waals surface area contributed by atoms with Crippen LogP contribution in [0.5, 0.6) is 0 Å². The van der Waals surface area contributed by atoms with Crippen molar-refractivity contribution >= 4 is 5.91 Å². The number of unbranched alkanes of at least 4 members (excludes halogenated alkanes) is 2. The van der Waals surface area contributed by atoms with Crippen LogP contribution in [-0.2, 0) is 9.53 Å². The fraction of sp³-hybridized carbons (Fsp3) is 0.917. The molecule has 0 aromatic rings. The molecule has 1 fully saturated rings. The van der Waals surface area contributed by atoms with Crippen molar-refractivity contribution in [3.63, 3.8) is 0 Å². The van der Waals surface area contributed by atoms with Crippen LogP contribution in [0.2, 0.25) is 0 Å². The number of ether oxygens (including phenoxy) is 1. The predicted molar refractivity (Wildman–Crippen MR) is 62.2 cm³/mol. The lowest BCUT2D eigenvalue weighted by atomic mass is 9.94. The zero-order valence-corrected chi connectivity index (χ0v) is 10.1. The Morgan fingerprint density at radius 3 is 2.69 bits per heavy atom. The largest absolute Gasteiger partial charge is 0.388 e. The SMILES string of the molecule is CCCCCC(=O)NCC1(O)CCOCC1. The van der Waals surface area contributed by atoms with E-state index in [0.717, 1.165) is 19.3 Å². The normalized spacial score (nSPS) is 19.4. The molecule has 0 bridgehead atoms. The van der Waals surface area contributed by atoms with Crippen LogP contribution >= 0.6 is 0 Å². The van der Waals surface area contributed by atoms with Crippen LogP contribution in [0.3, 0.4) is 0 Å². The van der Waals surface area contributed by atoms with Crippen molar-refractivity contribution in [2.45, 2.75) is 51.0 Å². The Balaban J connectivity index is 2.14. The van der Waals surface area contributed by atoms with Gasteiger partial charge >= 0.3 is 0 Å². The molecule has 4 heteroatoms. The molecule has 2 N–H and O–H groups in total. The molecule has 1 heterocycles. The van der Waals surface area contributed by atoms with Crippen LogP contribution in [0.4, 0.5) is 0 Å². The summed E-state index contributed by atoms with van der Waals surface area (Å²) in [6.07, 6.45) is 4.94. The van der Waals surface area contributed by atoms with Crippen molar-refractivity contribution in [2.75, 3.05) is 19.8 Å². The second-order valence-electron chi connectivity index (χ2n) is 4.57. The molecule has 16 heavy (non-hydrogen) atoms. The maximum atomic E-state index is 11.4. The Labute approximate surface area is 97.4 Å². The molecular weight excluding hydrogens is 206 g/mol. The quantitative estimate of drug-likeness (QED) is 0.673. The fourth-order valence-corrected chi connectivity index (χ4v) is 1.82. The number of hydrogen-bond donors (Lipinski definition) is 2. The molecular formula is C12H23NO3. The van der Waals surface area contributed by atoms with Gasteiger partial charge in [-0.1, -0.05) is 19.8 Å². The maximum absolute atomic E-state index is 11.4. The Bertz CT molecular complexity index is 212. The number of hydrogen-bond acceptors (Lipinski definition) is 3. The van der Waals surface area contributed by atoms with E-state index in [-0.39, 0.29) is 5.91 Å². The highest BCUT2D eigenvalue weighted by atomic mass is 16.5. The summed E-state index contributed by atoms with van der Waals surface area (Å²) in [5.74, 6) is 0.0494. The van der Waals surface area contributed by atoms with Crippen molar-refractivity contribution in [3.8, 4) is 0 Å². The van der Waals surface area contributed by atoms with Crippen LogP contribution in [0.25, 0.3) is 0 Å². The van der Waals surface area contributed by atoms with Crippen LogP contribution in [0, 0.1) is 0 Å². The third kappa shape index (κ3) is 4.94. The molecule has 0 unspecified atom stereocenters. The molecule has 0 radical (unpaired) electrons. The van der Waals surface area contributed by atoms with Crippen molar-refractivity contribution in [3.05, 3.63) is 0 Å². The maximum Gasteiger partial charge on any atom is 0.220 e. The highest BCUT2D eigenvalue weighted by Gasteiger charge is 2.29. The second kappa shape index (κ2) is 6.86. The summed E-state index contributed by atoms with van der Waals surface area (Å²) in [6.45, 7) is 3.65. The zero-order chi connectivity index (χ0) is 11.9. The summed E-state index contributed by atoms with van der Waals surface area (Å²) in [4.78, 5) is 11.4. The number of aliphatic hydroxyl groups is 1. The third-order valence-electron chi connectivity index (χ3n) is 3.05. The topological polar surface area (TPSA) is 58.6 Å². The van der Waals surface area contributed by atoms with Gasteiger partial charge in [0.15, 0.2) is 0 Å². The van der Waals surface area contributed by atoms with E-state index in [2.05, 4.69) is 12.2 Å². The Kier molecular flexibility index (Phi) is 5.77.